The summed E-state index contributed by atoms with van der Waals surface area (Å²) in [5.41, 5.74) is 3.50. The van der Waals surface area contributed by atoms with E-state index in [9.17, 15) is 13.2 Å². The Labute approximate surface area is 180 Å². The number of carbonyl (C=O) groups is 1. The first-order valence-corrected chi connectivity index (χ1v) is 10.2. The van der Waals surface area contributed by atoms with Crippen molar-refractivity contribution < 1.29 is 27.8 Å². The van der Waals surface area contributed by atoms with E-state index in [4.69, 9.17) is 19.6 Å². The average Bonchev–Trinajstić information content (AvgIpc) is 3.38. The quantitative estimate of drug-likeness (QED) is 0.647. The summed E-state index contributed by atoms with van der Waals surface area (Å²) in [7, 11) is 1.95. The van der Waals surface area contributed by atoms with Crippen LogP contribution in [0, 0.1) is 0 Å². The number of halogens is 3. The van der Waals surface area contributed by atoms with Gasteiger partial charge in [0.15, 0.2) is 0 Å². The van der Waals surface area contributed by atoms with Crippen molar-refractivity contribution in [3.8, 4) is 10.6 Å². The SMILES string of the molecule is Cn1cc(CN2CCOCC2c2csc(-c3ccccc3)n2)cn1.O=C(O)C(F)(F)F. The topological polar surface area (TPSA) is 80.5 Å². The summed E-state index contributed by atoms with van der Waals surface area (Å²) in [4.78, 5) is 16.2. The molecule has 0 spiro atoms. The van der Waals surface area contributed by atoms with Crippen molar-refractivity contribution in [2.24, 2.45) is 7.05 Å². The normalized spacial score (nSPS) is 17.1. The second-order valence-electron chi connectivity index (χ2n) is 6.83. The third kappa shape index (κ3) is 6.36. The van der Waals surface area contributed by atoms with Crippen LogP contribution in [-0.2, 0) is 23.1 Å². The number of alkyl halides is 3. The van der Waals surface area contributed by atoms with E-state index in [0.717, 1.165) is 30.4 Å². The molecule has 0 radical (unpaired) electrons. The molecule has 1 N–H and O–H groups in total. The van der Waals surface area contributed by atoms with Crippen molar-refractivity contribution in [3.63, 3.8) is 0 Å². The van der Waals surface area contributed by atoms with Gasteiger partial charge in [-0.3, -0.25) is 9.58 Å². The van der Waals surface area contributed by atoms with Gasteiger partial charge >= 0.3 is 12.1 Å². The molecule has 1 aromatic carbocycles. The Morgan fingerprint density at radius 1 is 1.32 bits per heavy atom. The van der Waals surface area contributed by atoms with Crippen molar-refractivity contribution in [2.45, 2.75) is 18.8 Å². The Morgan fingerprint density at radius 2 is 2.03 bits per heavy atom. The van der Waals surface area contributed by atoms with Crippen molar-refractivity contribution in [3.05, 3.63) is 59.4 Å². The van der Waals surface area contributed by atoms with Crippen LogP contribution in [0.15, 0.2) is 48.1 Å². The van der Waals surface area contributed by atoms with Crippen molar-refractivity contribution in [2.75, 3.05) is 19.8 Å². The molecular weight excluding hydrogens is 433 g/mol. The number of carboxylic acid groups (broad SMARTS) is 1. The van der Waals surface area contributed by atoms with Crippen LogP contribution in [0.4, 0.5) is 13.2 Å². The van der Waals surface area contributed by atoms with Crippen LogP contribution >= 0.6 is 11.3 Å². The third-order valence-corrected chi connectivity index (χ3v) is 5.42. The van der Waals surface area contributed by atoms with Gasteiger partial charge in [0.1, 0.15) is 5.01 Å². The zero-order chi connectivity index (χ0) is 22.4. The third-order valence-electron chi connectivity index (χ3n) is 4.51. The van der Waals surface area contributed by atoms with Crippen LogP contribution < -0.4 is 0 Å². The molecule has 1 atom stereocenters. The fourth-order valence-electron chi connectivity index (χ4n) is 3.04. The van der Waals surface area contributed by atoms with Crippen molar-refractivity contribution >= 4 is 17.3 Å². The zero-order valence-electron chi connectivity index (χ0n) is 16.6. The number of morpholine rings is 1. The molecule has 1 aliphatic rings. The summed E-state index contributed by atoms with van der Waals surface area (Å²) >= 11 is 1.70. The van der Waals surface area contributed by atoms with Gasteiger partial charge in [0.05, 0.1) is 31.1 Å². The smallest absolute Gasteiger partial charge is 0.475 e. The largest absolute Gasteiger partial charge is 0.490 e. The first-order valence-electron chi connectivity index (χ1n) is 9.34. The van der Waals surface area contributed by atoms with Gasteiger partial charge in [-0.25, -0.2) is 9.78 Å². The Morgan fingerprint density at radius 3 is 2.65 bits per heavy atom. The van der Waals surface area contributed by atoms with Gasteiger partial charge in [0, 0.05) is 42.8 Å². The lowest BCUT2D eigenvalue weighted by atomic mass is 10.1. The number of hydrogen-bond acceptors (Lipinski definition) is 6. The number of benzene rings is 1. The summed E-state index contributed by atoms with van der Waals surface area (Å²) in [6.45, 7) is 3.25. The average molecular weight is 454 g/mol. The summed E-state index contributed by atoms with van der Waals surface area (Å²) < 4.78 is 39.3. The van der Waals surface area contributed by atoms with E-state index >= 15 is 0 Å². The summed E-state index contributed by atoms with van der Waals surface area (Å²) in [6.07, 6.45) is -1.08. The molecule has 2 aromatic heterocycles. The molecule has 1 aliphatic heterocycles. The standard InChI is InChI=1S/C18H20N4OS.C2HF3O2/c1-21-10-14(9-19-21)11-22-7-8-23-12-17(22)16-13-24-18(20-16)15-5-3-2-4-6-15;3-2(4,5)1(6)7/h2-6,9-10,13,17H,7-8,11-12H2,1H3;(H,6,7). The first-order chi connectivity index (χ1) is 14.7. The Kier molecular flexibility index (Phi) is 7.42. The molecular formula is C20H21F3N4O3S. The number of hydrogen-bond donors (Lipinski definition) is 1. The minimum absolute atomic E-state index is 0.202. The number of thiazole rings is 1. The molecule has 3 aromatic rings. The number of ether oxygens (including phenoxy) is 1. The molecule has 0 bridgehead atoms. The van der Waals surface area contributed by atoms with E-state index in [1.165, 1.54) is 11.1 Å². The molecule has 4 rings (SSSR count). The molecule has 1 saturated heterocycles. The molecule has 166 valence electrons. The molecule has 31 heavy (non-hydrogen) atoms. The highest BCUT2D eigenvalue weighted by Gasteiger charge is 2.38. The molecule has 11 heteroatoms. The minimum atomic E-state index is -5.08. The predicted molar refractivity (Wildman–Crippen MR) is 108 cm³/mol. The van der Waals surface area contributed by atoms with E-state index < -0.39 is 12.1 Å². The van der Waals surface area contributed by atoms with Gasteiger partial charge in [-0.2, -0.15) is 18.3 Å². The van der Waals surface area contributed by atoms with Crippen LogP contribution in [0.2, 0.25) is 0 Å². The lowest BCUT2D eigenvalue weighted by Gasteiger charge is -2.34. The maximum absolute atomic E-state index is 10.6. The highest BCUT2D eigenvalue weighted by molar-refractivity contribution is 7.13. The molecule has 7 nitrogen and oxygen atoms in total. The van der Waals surface area contributed by atoms with E-state index in [0.29, 0.717) is 6.61 Å². The fraction of sp³-hybridized carbons (Fsp3) is 0.350. The van der Waals surface area contributed by atoms with E-state index in [1.54, 1.807) is 11.3 Å². The second kappa shape index (κ2) is 10.0. The van der Waals surface area contributed by atoms with Crippen molar-refractivity contribution in [1.29, 1.82) is 0 Å². The lowest BCUT2D eigenvalue weighted by molar-refractivity contribution is -0.192. The van der Waals surface area contributed by atoms with Gasteiger partial charge in [-0.1, -0.05) is 30.3 Å². The van der Waals surface area contributed by atoms with Gasteiger partial charge in [-0.05, 0) is 0 Å². The van der Waals surface area contributed by atoms with Crippen LogP contribution in [0.5, 0.6) is 0 Å². The molecule has 0 aliphatic carbocycles. The van der Waals surface area contributed by atoms with Crippen LogP contribution in [0.3, 0.4) is 0 Å². The van der Waals surface area contributed by atoms with Crippen LogP contribution in [0.25, 0.3) is 10.6 Å². The number of aryl methyl sites for hydroxylation is 1. The minimum Gasteiger partial charge on any atom is -0.475 e. The van der Waals surface area contributed by atoms with Crippen LogP contribution in [-0.4, -0.2) is 56.7 Å². The Bertz CT molecular complexity index is 991. The van der Waals surface area contributed by atoms with Gasteiger partial charge in [-0.15, -0.1) is 11.3 Å². The number of aromatic nitrogens is 3. The number of rotatable bonds is 4. The number of carboxylic acids is 1. The van der Waals surface area contributed by atoms with Crippen molar-refractivity contribution in [1.82, 2.24) is 19.7 Å². The van der Waals surface area contributed by atoms with E-state index in [-0.39, 0.29) is 6.04 Å². The lowest BCUT2D eigenvalue weighted by Crippen LogP contribution is -2.39. The maximum atomic E-state index is 10.6. The number of aliphatic carboxylic acids is 1. The monoisotopic (exact) mass is 454 g/mol. The predicted octanol–water partition coefficient (Wildman–Crippen LogP) is 3.75. The van der Waals surface area contributed by atoms with Crippen LogP contribution in [0.1, 0.15) is 17.3 Å². The molecule has 0 amide bonds. The maximum Gasteiger partial charge on any atom is 0.490 e. The van der Waals surface area contributed by atoms with Gasteiger partial charge in [0.2, 0.25) is 0 Å². The van der Waals surface area contributed by atoms with E-state index in [1.807, 2.05) is 24.0 Å². The Balaban J connectivity index is 0.000000339. The summed E-state index contributed by atoms with van der Waals surface area (Å²) in [5, 5.41) is 14.6. The highest BCUT2D eigenvalue weighted by Crippen LogP contribution is 2.31. The fourth-order valence-corrected chi connectivity index (χ4v) is 3.91. The number of nitrogens with zero attached hydrogens (tertiary/aromatic N) is 4. The van der Waals surface area contributed by atoms with E-state index in [2.05, 4.69) is 45.8 Å². The molecule has 0 saturated carbocycles. The molecule has 1 fully saturated rings. The van der Waals surface area contributed by atoms with Gasteiger partial charge < -0.3 is 9.84 Å². The Hall–Kier alpha value is -2.76. The summed E-state index contributed by atoms with van der Waals surface area (Å²) in [6, 6.07) is 10.5. The zero-order valence-corrected chi connectivity index (χ0v) is 17.4. The summed E-state index contributed by atoms with van der Waals surface area (Å²) in [5.74, 6) is -2.76. The van der Waals surface area contributed by atoms with Gasteiger partial charge in [0.25, 0.3) is 0 Å². The first kappa shape index (κ1) is 22.9. The highest BCUT2D eigenvalue weighted by atomic mass is 32.1. The second-order valence-corrected chi connectivity index (χ2v) is 7.69. The molecule has 3 heterocycles. The molecule has 1 unspecified atom stereocenters.